The van der Waals surface area contributed by atoms with Crippen LogP contribution in [-0.4, -0.2) is 58.8 Å². The molecule has 28 heavy (non-hydrogen) atoms. The molecule has 8 nitrogen and oxygen atoms in total. The molecule has 4 heterocycles. The first kappa shape index (κ1) is 17.1. The Labute approximate surface area is 162 Å². The molecule has 0 aliphatic carbocycles. The van der Waals surface area contributed by atoms with Crippen LogP contribution < -0.4 is 10.6 Å². The highest BCUT2D eigenvalue weighted by Gasteiger charge is 2.38. The normalized spacial score (nSPS) is 28.2. The Morgan fingerprint density at radius 3 is 2.86 bits per heavy atom. The van der Waals surface area contributed by atoms with Crippen LogP contribution in [0.4, 0.5) is 5.69 Å². The Morgan fingerprint density at radius 2 is 2.04 bits per heavy atom. The molecule has 1 aromatic rings. The Balaban J connectivity index is 1.47. The number of amidine groups is 2. The van der Waals surface area contributed by atoms with Gasteiger partial charge in [-0.25, -0.2) is 9.98 Å². The van der Waals surface area contributed by atoms with Crippen LogP contribution in [-0.2, 0) is 11.2 Å². The summed E-state index contributed by atoms with van der Waals surface area (Å²) in [4.78, 5) is 28.7. The number of fused-ring (bicyclic) bond motifs is 2. The van der Waals surface area contributed by atoms with E-state index in [4.69, 9.17) is 9.98 Å². The van der Waals surface area contributed by atoms with Gasteiger partial charge in [0.25, 0.3) is 0 Å². The number of piperidine rings is 1. The lowest BCUT2D eigenvalue weighted by atomic mass is 9.94. The molecule has 0 bridgehead atoms. The summed E-state index contributed by atoms with van der Waals surface area (Å²) in [6, 6.07) is 7.77. The number of aliphatic hydroxyl groups excluding tert-OH is 1. The number of benzene rings is 1. The second kappa shape index (κ2) is 6.87. The van der Waals surface area contributed by atoms with Crippen LogP contribution in [0, 0.1) is 5.92 Å². The zero-order chi connectivity index (χ0) is 19.1. The van der Waals surface area contributed by atoms with E-state index in [-0.39, 0.29) is 18.1 Å². The van der Waals surface area contributed by atoms with Gasteiger partial charge in [-0.15, -0.1) is 0 Å². The molecule has 2 unspecified atom stereocenters. The number of amides is 1. The van der Waals surface area contributed by atoms with Gasteiger partial charge >= 0.3 is 0 Å². The Kier molecular flexibility index (Phi) is 4.20. The van der Waals surface area contributed by atoms with Gasteiger partial charge in [-0.1, -0.05) is 18.2 Å². The minimum absolute atomic E-state index is 0.136. The third-order valence-corrected chi connectivity index (χ3v) is 5.55. The molecule has 0 radical (unpaired) electrons. The van der Waals surface area contributed by atoms with Gasteiger partial charge in [0.2, 0.25) is 11.9 Å². The van der Waals surface area contributed by atoms with Crippen molar-refractivity contribution in [2.45, 2.75) is 31.4 Å². The molecule has 3 N–H and O–H groups in total. The summed E-state index contributed by atoms with van der Waals surface area (Å²) in [6.07, 6.45) is 5.34. The number of rotatable bonds is 0. The Hall–Kier alpha value is -3.00. The highest BCUT2D eigenvalue weighted by atomic mass is 16.3. The first-order chi connectivity index (χ1) is 13.7. The number of hydrogen-bond donors (Lipinski definition) is 3. The van der Waals surface area contributed by atoms with Crippen molar-refractivity contribution in [2.75, 3.05) is 18.4 Å². The van der Waals surface area contributed by atoms with Gasteiger partial charge in [0, 0.05) is 31.4 Å². The fourth-order valence-electron chi connectivity index (χ4n) is 4.00. The van der Waals surface area contributed by atoms with E-state index < -0.39 is 5.92 Å². The van der Waals surface area contributed by atoms with Gasteiger partial charge < -0.3 is 20.6 Å². The predicted molar refractivity (Wildman–Crippen MR) is 107 cm³/mol. The topological polar surface area (TPSA) is 102 Å². The van der Waals surface area contributed by atoms with Gasteiger partial charge in [0.1, 0.15) is 17.6 Å². The van der Waals surface area contributed by atoms with Crippen LogP contribution in [0.3, 0.4) is 0 Å². The van der Waals surface area contributed by atoms with Gasteiger partial charge in [-0.3, -0.25) is 4.79 Å². The predicted octanol–water partition coefficient (Wildman–Crippen LogP) is 0.906. The highest BCUT2D eigenvalue weighted by molar-refractivity contribution is 6.17. The zero-order valence-electron chi connectivity index (χ0n) is 15.4. The minimum Gasteiger partial charge on any atom is -0.393 e. The number of carbonyl (C=O) groups is 1. The summed E-state index contributed by atoms with van der Waals surface area (Å²) in [5.74, 6) is 1.21. The van der Waals surface area contributed by atoms with Crippen molar-refractivity contribution in [1.29, 1.82) is 0 Å². The second-order valence-electron chi connectivity index (χ2n) is 7.47. The van der Waals surface area contributed by atoms with Crippen molar-refractivity contribution in [1.82, 2.24) is 10.2 Å². The summed E-state index contributed by atoms with van der Waals surface area (Å²) in [5.41, 5.74) is 2.22. The van der Waals surface area contributed by atoms with Crippen LogP contribution in [0.5, 0.6) is 0 Å². The number of aliphatic imine (C=N–C) groups is 3. The average Bonchev–Trinajstić information content (AvgIpc) is 3.10. The Bertz CT molecular complexity index is 899. The lowest BCUT2D eigenvalue weighted by molar-refractivity contribution is -0.122. The lowest BCUT2D eigenvalue weighted by Crippen LogP contribution is -2.48. The van der Waals surface area contributed by atoms with E-state index in [1.807, 2.05) is 24.3 Å². The lowest BCUT2D eigenvalue weighted by Gasteiger charge is -2.34. The van der Waals surface area contributed by atoms with Crippen LogP contribution in [0.25, 0.3) is 0 Å². The van der Waals surface area contributed by atoms with Gasteiger partial charge in [0.15, 0.2) is 0 Å². The fourth-order valence-corrected chi connectivity index (χ4v) is 4.00. The molecule has 1 amide bonds. The van der Waals surface area contributed by atoms with Gasteiger partial charge in [-0.2, -0.15) is 4.99 Å². The summed E-state index contributed by atoms with van der Waals surface area (Å²) in [6.45, 7) is 1.40. The molecule has 4 aliphatic heterocycles. The summed E-state index contributed by atoms with van der Waals surface area (Å²) in [7, 11) is 0. The monoisotopic (exact) mass is 378 g/mol. The SMILES string of the molecule is O=C1NC=CC2N=C(N3CCC(O)CC3)N=C(N=C3Cc4ccccc4N3)C12. The number of nitrogens with one attached hydrogen (secondary N) is 2. The first-order valence-corrected chi connectivity index (χ1v) is 9.66. The van der Waals surface area contributed by atoms with E-state index in [9.17, 15) is 9.90 Å². The quantitative estimate of drug-likeness (QED) is 0.624. The summed E-state index contributed by atoms with van der Waals surface area (Å²) in [5, 5.41) is 15.9. The van der Waals surface area contributed by atoms with Crippen LogP contribution in [0.1, 0.15) is 18.4 Å². The van der Waals surface area contributed by atoms with E-state index in [1.165, 1.54) is 5.56 Å². The summed E-state index contributed by atoms with van der Waals surface area (Å²) >= 11 is 0. The number of nitrogens with zero attached hydrogens (tertiary/aromatic N) is 4. The largest absolute Gasteiger partial charge is 0.393 e. The van der Waals surface area contributed by atoms with Crippen LogP contribution in [0.15, 0.2) is 51.5 Å². The highest BCUT2D eigenvalue weighted by Crippen LogP contribution is 2.26. The van der Waals surface area contributed by atoms with Crippen LogP contribution >= 0.6 is 0 Å². The molecule has 4 aliphatic rings. The molecular formula is C20H22N6O2. The second-order valence-corrected chi connectivity index (χ2v) is 7.47. The minimum atomic E-state index is -0.526. The molecule has 8 heteroatoms. The molecule has 0 aromatic heterocycles. The number of hydrogen-bond acceptors (Lipinski definition) is 6. The standard InChI is InChI=1S/C20H22N6O2/c27-13-6-9-26(10-7-13)20-23-15-5-8-21-19(28)17(15)18(25-20)24-16-11-12-3-1-2-4-14(12)22-16/h1-5,8,13,15,17,27H,6-7,9-11H2,(H,21,28)(H,22,23,24,25). The molecule has 5 rings (SSSR count). The van der Waals surface area contributed by atoms with Crippen molar-refractivity contribution in [3.63, 3.8) is 0 Å². The maximum atomic E-state index is 12.5. The number of aliphatic hydroxyl groups is 1. The van der Waals surface area contributed by atoms with Crippen molar-refractivity contribution >= 4 is 29.2 Å². The van der Waals surface area contributed by atoms with Gasteiger partial charge in [0.05, 0.1) is 12.1 Å². The van der Waals surface area contributed by atoms with Crippen molar-refractivity contribution < 1.29 is 9.90 Å². The molecule has 0 spiro atoms. The number of likely N-dealkylation sites (tertiary alicyclic amines) is 1. The third-order valence-electron chi connectivity index (χ3n) is 5.55. The molecule has 0 saturated carbocycles. The van der Waals surface area contributed by atoms with Crippen molar-refractivity contribution in [3.05, 3.63) is 42.1 Å². The maximum Gasteiger partial charge on any atom is 0.237 e. The molecule has 144 valence electrons. The molecule has 2 atom stereocenters. The van der Waals surface area contributed by atoms with Crippen LogP contribution in [0.2, 0.25) is 0 Å². The van der Waals surface area contributed by atoms with Crippen molar-refractivity contribution in [2.24, 2.45) is 20.9 Å². The number of carbonyl (C=O) groups excluding carboxylic acids is 1. The molecular weight excluding hydrogens is 356 g/mol. The van der Waals surface area contributed by atoms with E-state index in [0.717, 1.165) is 11.5 Å². The van der Waals surface area contributed by atoms with E-state index in [0.29, 0.717) is 44.1 Å². The number of anilines is 1. The average molecular weight is 378 g/mol. The number of guanidine groups is 1. The smallest absolute Gasteiger partial charge is 0.237 e. The summed E-state index contributed by atoms with van der Waals surface area (Å²) < 4.78 is 0. The zero-order valence-corrected chi connectivity index (χ0v) is 15.4. The first-order valence-electron chi connectivity index (χ1n) is 9.66. The van der Waals surface area contributed by atoms with E-state index >= 15 is 0 Å². The molecule has 1 fully saturated rings. The van der Waals surface area contributed by atoms with Crippen molar-refractivity contribution in [3.8, 4) is 0 Å². The molecule has 1 aromatic carbocycles. The maximum absolute atomic E-state index is 12.5. The van der Waals surface area contributed by atoms with E-state index in [1.54, 1.807) is 6.20 Å². The third kappa shape index (κ3) is 3.09. The molecule has 1 saturated heterocycles. The van der Waals surface area contributed by atoms with Gasteiger partial charge in [-0.05, 0) is 30.5 Å². The van der Waals surface area contributed by atoms with E-state index in [2.05, 4.69) is 26.6 Å². The number of para-hydroxylation sites is 1. The fraction of sp³-hybridized carbons (Fsp3) is 0.400. The Morgan fingerprint density at radius 1 is 1.21 bits per heavy atom.